The summed E-state index contributed by atoms with van der Waals surface area (Å²) >= 11 is 0. The quantitative estimate of drug-likeness (QED) is 0.613. The number of non-ortho nitro benzene ring substituents is 1. The van der Waals surface area contributed by atoms with Gasteiger partial charge in [0.2, 0.25) is 0 Å². The normalized spacial score (nSPS) is 10.6. The molecule has 116 valence electrons. The average Bonchev–Trinajstić information content (AvgIpc) is 2.88. The molecule has 9 nitrogen and oxygen atoms in total. The summed E-state index contributed by atoms with van der Waals surface area (Å²) < 4.78 is 0. The molecular weight excluding hydrogens is 292 g/mol. The number of hydrogen-bond acceptors (Lipinski definition) is 5. The van der Waals surface area contributed by atoms with Crippen molar-refractivity contribution < 1.29 is 19.6 Å². The molecule has 0 radical (unpaired) electrons. The second-order valence-corrected chi connectivity index (χ2v) is 4.78. The van der Waals surface area contributed by atoms with E-state index >= 15 is 0 Å². The van der Waals surface area contributed by atoms with Crippen molar-refractivity contribution in [2.45, 2.75) is 12.8 Å². The minimum absolute atomic E-state index is 0.0373. The number of nitrogens with zero attached hydrogens (tertiary/aromatic N) is 3. The van der Waals surface area contributed by atoms with Gasteiger partial charge in [0.15, 0.2) is 5.69 Å². The first-order valence-electron chi connectivity index (χ1n) is 6.50. The number of fused-ring (bicyclic) bond motifs is 1. The number of carbonyl (C=O) groups is 2. The minimum atomic E-state index is -0.929. The fraction of sp³-hybridized carbons (Fsp3) is 0.308. The van der Waals surface area contributed by atoms with E-state index in [1.807, 2.05) is 0 Å². The van der Waals surface area contributed by atoms with Crippen molar-refractivity contribution >= 4 is 28.5 Å². The van der Waals surface area contributed by atoms with Crippen LogP contribution in [0.5, 0.6) is 0 Å². The summed E-state index contributed by atoms with van der Waals surface area (Å²) in [6, 6.07) is 4.10. The van der Waals surface area contributed by atoms with Crippen LogP contribution in [-0.2, 0) is 4.79 Å². The molecule has 2 rings (SSSR count). The Morgan fingerprint density at radius 2 is 2.18 bits per heavy atom. The van der Waals surface area contributed by atoms with E-state index in [1.165, 1.54) is 30.1 Å². The van der Waals surface area contributed by atoms with Crippen molar-refractivity contribution in [2.24, 2.45) is 0 Å². The zero-order valence-corrected chi connectivity index (χ0v) is 11.8. The number of rotatable bonds is 6. The van der Waals surface area contributed by atoms with Gasteiger partial charge in [-0.25, -0.2) is 0 Å². The number of carboxylic acids is 1. The highest BCUT2D eigenvalue weighted by molar-refractivity contribution is 6.05. The summed E-state index contributed by atoms with van der Waals surface area (Å²) in [7, 11) is 1.53. The summed E-state index contributed by atoms with van der Waals surface area (Å²) in [4.78, 5) is 34.4. The number of nitro benzene ring substituents is 1. The zero-order chi connectivity index (χ0) is 16.3. The maximum absolute atomic E-state index is 12.3. The zero-order valence-electron chi connectivity index (χ0n) is 11.8. The van der Waals surface area contributed by atoms with Gasteiger partial charge in [0.05, 0.1) is 10.4 Å². The van der Waals surface area contributed by atoms with E-state index in [9.17, 15) is 19.7 Å². The summed E-state index contributed by atoms with van der Waals surface area (Å²) in [5.74, 6) is -1.35. The van der Waals surface area contributed by atoms with Gasteiger partial charge in [0.1, 0.15) is 0 Å². The Morgan fingerprint density at radius 1 is 1.45 bits per heavy atom. The lowest BCUT2D eigenvalue weighted by molar-refractivity contribution is -0.384. The molecule has 9 heteroatoms. The summed E-state index contributed by atoms with van der Waals surface area (Å²) in [6.45, 7) is 0.258. The second kappa shape index (κ2) is 6.20. The van der Waals surface area contributed by atoms with Crippen LogP contribution in [0.3, 0.4) is 0 Å². The molecular formula is C13H14N4O5. The van der Waals surface area contributed by atoms with Gasteiger partial charge in [-0.1, -0.05) is 0 Å². The first kappa shape index (κ1) is 15.4. The smallest absolute Gasteiger partial charge is 0.303 e. The molecule has 0 atom stereocenters. The third-order valence-electron chi connectivity index (χ3n) is 3.19. The molecule has 0 unspecified atom stereocenters. The van der Waals surface area contributed by atoms with Crippen molar-refractivity contribution in [1.29, 1.82) is 0 Å². The van der Waals surface area contributed by atoms with Gasteiger partial charge in [-0.15, -0.1) is 0 Å². The number of carbonyl (C=O) groups excluding carboxylic acids is 1. The number of hydrogen-bond donors (Lipinski definition) is 2. The number of aliphatic carboxylic acids is 1. The summed E-state index contributed by atoms with van der Waals surface area (Å²) in [6.07, 6.45) is 0.282. The molecule has 0 aliphatic rings. The van der Waals surface area contributed by atoms with Gasteiger partial charge in [-0.3, -0.25) is 24.8 Å². The molecule has 2 N–H and O–H groups in total. The van der Waals surface area contributed by atoms with Crippen LogP contribution in [0.1, 0.15) is 23.3 Å². The Kier molecular flexibility index (Phi) is 4.35. The number of H-pyrrole nitrogens is 1. The van der Waals surface area contributed by atoms with Crippen LogP contribution < -0.4 is 0 Å². The Bertz CT molecular complexity index is 739. The molecule has 2 aromatic rings. The Morgan fingerprint density at radius 3 is 2.82 bits per heavy atom. The average molecular weight is 306 g/mol. The highest BCUT2D eigenvalue weighted by atomic mass is 16.6. The van der Waals surface area contributed by atoms with E-state index in [1.54, 1.807) is 0 Å². The van der Waals surface area contributed by atoms with Gasteiger partial charge in [0, 0.05) is 37.5 Å². The largest absolute Gasteiger partial charge is 0.481 e. The second-order valence-electron chi connectivity index (χ2n) is 4.78. The number of carboxylic acid groups (broad SMARTS) is 1. The molecule has 0 spiro atoms. The Balaban J connectivity index is 2.22. The number of aromatic amines is 1. The van der Waals surface area contributed by atoms with E-state index in [-0.39, 0.29) is 24.3 Å². The van der Waals surface area contributed by atoms with Gasteiger partial charge >= 0.3 is 5.97 Å². The third kappa shape index (κ3) is 3.19. The fourth-order valence-electron chi connectivity index (χ4n) is 2.03. The molecule has 0 saturated carbocycles. The Labute approximate surface area is 124 Å². The lowest BCUT2D eigenvalue weighted by Gasteiger charge is -2.15. The van der Waals surface area contributed by atoms with Crippen LogP contribution in [0, 0.1) is 10.1 Å². The lowest BCUT2D eigenvalue weighted by Crippen LogP contribution is -2.28. The molecule has 0 fully saturated rings. The van der Waals surface area contributed by atoms with Gasteiger partial charge in [-0.05, 0) is 12.5 Å². The van der Waals surface area contributed by atoms with Crippen LogP contribution in [0.4, 0.5) is 5.69 Å². The molecule has 0 aliphatic heterocycles. The molecule has 1 aromatic carbocycles. The summed E-state index contributed by atoms with van der Waals surface area (Å²) in [5.41, 5.74) is 0.473. The third-order valence-corrected chi connectivity index (χ3v) is 3.19. The molecule has 1 aromatic heterocycles. The van der Waals surface area contributed by atoms with Crippen molar-refractivity contribution in [3.8, 4) is 0 Å². The highest BCUT2D eigenvalue weighted by Gasteiger charge is 2.20. The number of nitrogens with one attached hydrogen (secondary N) is 1. The van der Waals surface area contributed by atoms with Crippen LogP contribution in [0.25, 0.3) is 10.9 Å². The molecule has 0 saturated heterocycles. The Hall–Kier alpha value is -2.97. The highest BCUT2D eigenvalue weighted by Crippen LogP contribution is 2.22. The van der Waals surface area contributed by atoms with E-state index in [2.05, 4.69) is 10.2 Å². The van der Waals surface area contributed by atoms with Crippen LogP contribution in [0.2, 0.25) is 0 Å². The predicted octanol–water partition coefficient (Wildman–Crippen LogP) is 1.41. The lowest BCUT2D eigenvalue weighted by atomic mass is 10.1. The van der Waals surface area contributed by atoms with E-state index < -0.39 is 16.8 Å². The minimum Gasteiger partial charge on any atom is -0.481 e. The first-order valence-corrected chi connectivity index (χ1v) is 6.50. The fourth-order valence-corrected chi connectivity index (χ4v) is 2.03. The van der Waals surface area contributed by atoms with E-state index in [0.29, 0.717) is 17.3 Å². The van der Waals surface area contributed by atoms with Crippen molar-refractivity contribution in [3.63, 3.8) is 0 Å². The van der Waals surface area contributed by atoms with E-state index in [0.717, 1.165) is 0 Å². The number of nitro groups is 1. The number of amides is 1. The van der Waals surface area contributed by atoms with Gasteiger partial charge in [-0.2, -0.15) is 5.10 Å². The first-order chi connectivity index (χ1) is 10.4. The van der Waals surface area contributed by atoms with Crippen molar-refractivity contribution in [2.75, 3.05) is 13.6 Å². The molecule has 0 bridgehead atoms. The molecule has 1 heterocycles. The number of aromatic nitrogens is 2. The SMILES string of the molecule is CN(CCCC(=O)O)C(=O)c1n[nH]c2ccc([N+](=O)[O-])cc12. The van der Waals surface area contributed by atoms with Gasteiger partial charge < -0.3 is 10.0 Å². The van der Waals surface area contributed by atoms with Crippen LogP contribution in [0.15, 0.2) is 18.2 Å². The van der Waals surface area contributed by atoms with Crippen molar-refractivity contribution in [3.05, 3.63) is 34.0 Å². The monoisotopic (exact) mass is 306 g/mol. The van der Waals surface area contributed by atoms with Crippen LogP contribution >= 0.6 is 0 Å². The van der Waals surface area contributed by atoms with E-state index in [4.69, 9.17) is 5.11 Å². The molecule has 22 heavy (non-hydrogen) atoms. The van der Waals surface area contributed by atoms with Crippen molar-refractivity contribution in [1.82, 2.24) is 15.1 Å². The molecule has 1 amide bonds. The topological polar surface area (TPSA) is 129 Å². The van der Waals surface area contributed by atoms with Gasteiger partial charge in [0.25, 0.3) is 11.6 Å². The van der Waals surface area contributed by atoms with Crippen LogP contribution in [-0.4, -0.2) is 50.6 Å². The molecule has 0 aliphatic carbocycles. The predicted molar refractivity (Wildman–Crippen MR) is 76.6 cm³/mol. The maximum Gasteiger partial charge on any atom is 0.303 e. The standard InChI is InChI=1S/C13H14N4O5/c1-16(6-2-3-11(18)19)13(20)12-9-7-8(17(21)22)4-5-10(9)14-15-12/h4-5,7H,2-3,6H2,1H3,(H,14,15)(H,18,19). The summed E-state index contributed by atoms with van der Waals surface area (Å²) in [5, 5.41) is 26.3. The maximum atomic E-state index is 12.3. The number of benzene rings is 1.